The quantitative estimate of drug-likeness (QED) is 0.852. The fourth-order valence-corrected chi connectivity index (χ4v) is 2.95. The van der Waals surface area contributed by atoms with E-state index in [1.54, 1.807) is 0 Å². The lowest BCUT2D eigenvalue weighted by atomic mass is 10.0. The fraction of sp³-hybridized carbons (Fsp3) is 0.588. The molecule has 1 aliphatic rings. The van der Waals surface area contributed by atoms with E-state index in [2.05, 4.69) is 29.8 Å². The van der Waals surface area contributed by atoms with E-state index in [9.17, 15) is 5.26 Å². The first-order valence-electron chi connectivity index (χ1n) is 7.72. The number of likely N-dealkylation sites (N-methyl/N-ethyl adjacent to an activating group) is 1. The van der Waals surface area contributed by atoms with Gasteiger partial charge in [0.2, 0.25) is 0 Å². The number of hydrogen-bond acceptors (Lipinski definition) is 4. The van der Waals surface area contributed by atoms with Crippen molar-refractivity contribution in [2.45, 2.75) is 39.0 Å². The molecule has 0 N–H and O–H groups in total. The number of ether oxygens (including phenoxy) is 1. The topological polar surface area (TPSA) is 39.5 Å². The van der Waals surface area contributed by atoms with Crippen molar-refractivity contribution in [3.05, 3.63) is 28.8 Å². The highest BCUT2D eigenvalue weighted by Gasteiger charge is 2.27. The van der Waals surface area contributed by atoms with Crippen molar-refractivity contribution in [1.29, 1.82) is 5.26 Å². The summed E-state index contributed by atoms with van der Waals surface area (Å²) in [6.07, 6.45) is 0.0774. The summed E-state index contributed by atoms with van der Waals surface area (Å²) in [5.41, 5.74) is 0.931. The van der Waals surface area contributed by atoms with Gasteiger partial charge in [0, 0.05) is 25.7 Å². The molecule has 4 nitrogen and oxygen atoms in total. The van der Waals surface area contributed by atoms with Gasteiger partial charge in [0.1, 0.15) is 11.8 Å². The first kappa shape index (κ1) is 17.1. The third-order valence-electron chi connectivity index (χ3n) is 4.11. The van der Waals surface area contributed by atoms with Crippen molar-refractivity contribution < 1.29 is 4.74 Å². The molecule has 1 aliphatic heterocycles. The first-order chi connectivity index (χ1) is 10.4. The molecule has 0 aliphatic carbocycles. The third-order valence-corrected chi connectivity index (χ3v) is 4.41. The second-order valence-corrected chi connectivity index (χ2v) is 6.62. The van der Waals surface area contributed by atoms with Gasteiger partial charge in [-0.05, 0) is 45.5 Å². The van der Waals surface area contributed by atoms with Crippen LogP contribution in [0.2, 0.25) is 5.02 Å². The number of rotatable bonds is 4. The standard InChI is InChI=1S/C17H24ClN3O/c1-12(2)22-17-6-5-14(9-15(17)18)16(10-19)21-8-7-20(4)13(3)11-21/h5-6,9,12-13,16H,7-8,11H2,1-4H3. The van der Waals surface area contributed by atoms with Crippen LogP contribution in [0.3, 0.4) is 0 Å². The van der Waals surface area contributed by atoms with Gasteiger partial charge in [-0.15, -0.1) is 0 Å². The van der Waals surface area contributed by atoms with Gasteiger partial charge in [-0.2, -0.15) is 5.26 Å². The van der Waals surface area contributed by atoms with E-state index in [4.69, 9.17) is 16.3 Å². The zero-order valence-electron chi connectivity index (χ0n) is 13.7. The Labute approximate surface area is 138 Å². The van der Waals surface area contributed by atoms with Crippen LogP contribution in [0.4, 0.5) is 0 Å². The van der Waals surface area contributed by atoms with Crippen LogP contribution in [0.1, 0.15) is 32.4 Å². The predicted octanol–water partition coefficient (Wildman–Crippen LogP) is 3.33. The summed E-state index contributed by atoms with van der Waals surface area (Å²) in [5, 5.41) is 10.2. The summed E-state index contributed by atoms with van der Waals surface area (Å²) < 4.78 is 5.65. The lowest BCUT2D eigenvalue weighted by Gasteiger charge is -2.39. The van der Waals surface area contributed by atoms with Crippen LogP contribution < -0.4 is 4.74 Å². The van der Waals surface area contributed by atoms with Crippen molar-refractivity contribution >= 4 is 11.6 Å². The van der Waals surface area contributed by atoms with Gasteiger partial charge in [0.05, 0.1) is 17.2 Å². The molecule has 0 saturated carbocycles. The van der Waals surface area contributed by atoms with E-state index < -0.39 is 0 Å². The van der Waals surface area contributed by atoms with E-state index in [0.29, 0.717) is 16.8 Å². The molecule has 0 amide bonds. The molecule has 0 aromatic heterocycles. The molecule has 2 atom stereocenters. The van der Waals surface area contributed by atoms with Gasteiger partial charge in [0.15, 0.2) is 0 Å². The number of hydrogen-bond donors (Lipinski definition) is 0. The summed E-state index contributed by atoms with van der Waals surface area (Å²) in [6.45, 7) is 8.87. The van der Waals surface area contributed by atoms with Crippen LogP contribution in [0.25, 0.3) is 0 Å². The van der Waals surface area contributed by atoms with Crippen LogP contribution in [0.15, 0.2) is 18.2 Å². The molecule has 22 heavy (non-hydrogen) atoms. The molecule has 2 unspecified atom stereocenters. The smallest absolute Gasteiger partial charge is 0.138 e. The van der Waals surface area contributed by atoms with E-state index in [0.717, 1.165) is 25.2 Å². The van der Waals surface area contributed by atoms with Crippen molar-refractivity contribution in [3.8, 4) is 11.8 Å². The monoisotopic (exact) mass is 321 g/mol. The maximum Gasteiger partial charge on any atom is 0.138 e. The molecular formula is C17H24ClN3O. The van der Waals surface area contributed by atoms with Crippen LogP contribution in [0.5, 0.6) is 5.75 Å². The van der Waals surface area contributed by atoms with Crippen molar-refractivity contribution in [1.82, 2.24) is 9.80 Å². The Morgan fingerprint density at radius 3 is 2.64 bits per heavy atom. The lowest BCUT2D eigenvalue weighted by molar-refractivity contribution is 0.0881. The molecule has 1 aromatic rings. The Kier molecular flexibility index (Phi) is 5.69. The normalized spacial score (nSPS) is 21.6. The Morgan fingerprint density at radius 2 is 2.09 bits per heavy atom. The zero-order valence-corrected chi connectivity index (χ0v) is 14.5. The molecule has 120 valence electrons. The maximum atomic E-state index is 9.61. The van der Waals surface area contributed by atoms with Crippen LogP contribution in [-0.4, -0.2) is 48.6 Å². The number of nitrogens with zero attached hydrogens (tertiary/aromatic N) is 3. The minimum Gasteiger partial charge on any atom is -0.489 e. The molecule has 1 heterocycles. The Hall–Kier alpha value is -1.28. The predicted molar refractivity (Wildman–Crippen MR) is 89.2 cm³/mol. The largest absolute Gasteiger partial charge is 0.489 e. The van der Waals surface area contributed by atoms with Gasteiger partial charge in [-0.3, -0.25) is 4.90 Å². The lowest BCUT2D eigenvalue weighted by Crippen LogP contribution is -2.50. The SMILES string of the molecule is CC(C)Oc1ccc(C(C#N)N2CCN(C)C(C)C2)cc1Cl. The number of nitriles is 1. The molecule has 2 rings (SSSR count). The molecular weight excluding hydrogens is 298 g/mol. The number of piperazine rings is 1. The highest BCUT2D eigenvalue weighted by atomic mass is 35.5. The average Bonchev–Trinajstić information content (AvgIpc) is 2.46. The van der Waals surface area contributed by atoms with E-state index in [1.165, 1.54) is 0 Å². The second-order valence-electron chi connectivity index (χ2n) is 6.21. The van der Waals surface area contributed by atoms with Gasteiger partial charge in [-0.25, -0.2) is 0 Å². The summed E-state index contributed by atoms with van der Waals surface area (Å²) in [4.78, 5) is 4.54. The number of halogens is 1. The van der Waals surface area contributed by atoms with E-state index in [1.807, 2.05) is 32.0 Å². The molecule has 0 bridgehead atoms. The Balaban J connectivity index is 2.18. The summed E-state index contributed by atoms with van der Waals surface area (Å²) >= 11 is 6.30. The number of benzene rings is 1. The van der Waals surface area contributed by atoms with Gasteiger partial charge in [-0.1, -0.05) is 17.7 Å². The van der Waals surface area contributed by atoms with E-state index in [-0.39, 0.29) is 12.1 Å². The fourth-order valence-electron chi connectivity index (χ4n) is 2.71. The van der Waals surface area contributed by atoms with Crippen LogP contribution in [-0.2, 0) is 0 Å². The van der Waals surface area contributed by atoms with E-state index >= 15 is 0 Å². The van der Waals surface area contributed by atoms with Crippen molar-refractivity contribution in [2.24, 2.45) is 0 Å². The van der Waals surface area contributed by atoms with Gasteiger partial charge in [0.25, 0.3) is 0 Å². The molecule has 0 spiro atoms. The minimum absolute atomic E-state index is 0.0774. The molecule has 0 radical (unpaired) electrons. The average molecular weight is 322 g/mol. The van der Waals surface area contributed by atoms with Gasteiger partial charge < -0.3 is 9.64 Å². The first-order valence-corrected chi connectivity index (χ1v) is 8.10. The zero-order chi connectivity index (χ0) is 16.3. The maximum absolute atomic E-state index is 9.61. The molecule has 5 heteroatoms. The Morgan fingerprint density at radius 1 is 1.36 bits per heavy atom. The highest BCUT2D eigenvalue weighted by molar-refractivity contribution is 6.32. The molecule has 1 aromatic carbocycles. The summed E-state index contributed by atoms with van der Waals surface area (Å²) in [7, 11) is 2.12. The van der Waals surface area contributed by atoms with Crippen molar-refractivity contribution in [3.63, 3.8) is 0 Å². The molecule has 1 fully saturated rings. The highest BCUT2D eigenvalue weighted by Crippen LogP contribution is 2.31. The van der Waals surface area contributed by atoms with Crippen molar-refractivity contribution in [2.75, 3.05) is 26.7 Å². The third kappa shape index (κ3) is 3.92. The second kappa shape index (κ2) is 7.32. The Bertz CT molecular complexity index is 555. The molecule has 1 saturated heterocycles. The van der Waals surface area contributed by atoms with Gasteiger partial charge >= 0.3 is 0 Å². The summed E-state index contributed by atoms with van der Waals surface area (Å²) in [6, 6.07) is 8.27. The van der Waals surface area contributed by atoms with Crippen LogP contribution in [0, 0.1) is 11.3 Å². The van der Waals surface area contributed by atoms with Crippen LogP contribution >= 0.6 is 11.6 Å². The minimum atomic E-state index is -0.262. The summed E-state index contributed by atoms with van der Waals surface area (Å²) in [5.74, 6) is 0.670.